The maximum atomic E-state index is 14.3. The second kappa shape index (κ2) is 19.0. The van der Waals surface area contributed by atoms with Gasteiger partial charge < -0.3 is 52.1 Å². The minimum Gasteiger partial charge on any atom is -0.508 e. The third-order valence-corrected chi connectivity index (χ3v) is 9.15. The molecule has 10 N–H and O–H groups in total. The third kappa shape index (κ3) is 11.2. The number of aliphatic carboxylic acids is 1. The van der Waals surface area contributed by atoms with Crippen LogP contribution < -0.4 is 27.0 Å². The summed E-state index contributed by atoms with van der Waals surface area (Å²) >= 11 is 0. The number of aromatic amines is 2. The summed E-state index contributed by atoms with van der Waals surface area (Å²) in [6.07, 6.45) is 6.41. The smallest absolute Gasteiger partial charge is 0.326 e. The summed E-state index contributed by atoms with van der Waals surface area (Å²) in [6.45, 7) is -0.217. The van der Waals surface area contributed by atoms with E-state index in [1.807, 2.05) is 0 Å². The molecule has 3 heterocycles. The second-order valence-corrected chi connectivity index (χ2v) is 13.2. The van der Waals surface area contributed by atoms with Gasteiger partial charge in [-0.1, -0.05) is 42.5 Å². The summed E-state index contributed by atoms with van der Waals surface area (Å²) < 4.78 is 0. The van der Waals surface area contributed by atoms with Crippen LogP contribution in [-0.2, 0) is 54.5 Å². The number of H-pyrrole nitrogens is 2. The van der Waals surface area contributed by atoms with Gasteiger partial charge in [0.15, 0.2) is 0 Å². The quantitative estimate of drug-likeness (QED) is 0.0599. The first kappa shape index (κ1) is 39.6. The zero-order valence-corrected chi connectivity index (χ0v) is 29.8. The normalized spacial score (nSPS) is 15.9. The first-order chi connectivity index (χ1) is 26.5. The summed E-state index contributed by atoms with van der Waals surface area (Å²) in [5.41, 5.74) is 7.81. The van der Waals surface area contributed by atoms with Crippen LogP contribution in [0.25, 0.3) is 0 Å². The number of hydrogen-bond acceptors (Lipinski definition) is 10. The van der Waals surface area contributed by atoms with Crippen LogP contribution in [0.2, 0.25) is 0 Å². The maximum absolute atomic E-state index is 14.3. The molecular weight excluding hydrogens is 712 g/mol. The number of carbonyl (C=O) groups excluding carboxylic acids is 5. The van der Waals surface area contributed by atoms with Crippen molar-refractivity contribution in [3.8, 4) is 5.75 Å². The number of aromatic nitrogens is 4. The zero-order chi connectivity index (χ0) is 39.3. The number of imidazole rings is 2. The Kier molecular flexibility index (Phi) is 13.7. The molecule has 1 aliphatic heterocycles. The number of hydrogen-bond donors (Lipinski definition) is 9. The number of nitrogens with two attached hydrogens (primary N) is 1. The number of aromatic hydroxyl groups is 1. The third-order valence-electron chi connectivity index (χ3n) is 9.15. The Morgan fingerprint density at radius 2 is 1.31 bits per heavy atom. The number of benzene rings is 2. The van der Waals surface area contributed by atoms with E-state index in [9.17, 15) is 39.0 Å². The van der Waals surface area contributed by atoms with Crippen LogP contribution in [0.1, 0.15) is 35.4 Å². The average Bonchev–Trinajstić information content (AvgIpc) is 3.99. The Bertz CT molecular complexity index is 1910. The molecule has 0 aliphatic carbocycles. The summed E-state index contributed by atoms with van der Waals surface area (Å²) in [6, 6.07) is 8.94. The van der Waals surface area contributed by atoms with E-state index >= 15 is 0 Å². The highest BCUT2D eigenvalue weighted by molar-refractivity contribution is 5.96. The van der Waals surface area contributed by atoms with Crippen LogP contribution in [0, 0.1) is 0 Å². The van der Waals surface area contributed by atoms with E-state index in [0.29, 0.717) is 28.9 Å². The first-order valence-corrected chi connectivity index (χ1v) is 17.7. The van der Waals surface area contributed by atoms with Crippen molar-refractivity contribution in [1.29, 1.82) is 0 Å². The molecule has 5 atom stereocenters. The monoisotopic (exact) mass is 756 g/mol. The van der Waals surface area contributed by atoms with Crippen molar-refractivity contribution in [1.82, 2.24) is 46.1 Å². The van der Waals surface area contributed by atoms with Crippen LogP contribution >= 0.6 is 0 Å². The fourth-order valence-electron chi connectivity index (χ4n) is 6.34. The number of phenolic OH excluding ortho intramolecular Hbond substituents is 1. The van der Waals surface area contributed by atoms with Crippen molar-refractivity contribution >= 4 is 35.5 Å². The highest BCUT2D eigenvalue weighted by Crippen LogP contribution is 2.21. The SMILES string of the molecule is NCC(=O)N[C@@H](Cc1ccc(O)cc1)C(=O)N[C@@H](Cc1cnc[nH]1)C(=O)N[C@@H](Cc1cnc[nH]1)C(=O)N1CCC[C@H]1C(=O)N[C@@H](Cc1ccccc1)C(=O)O. The number of carbonyl (C=O) groups is 6. The van der Waals surface area contributed by atoms with Crippen LogP contribution in [-0.4, -0.2) is 114 Å². The van der Waals surface area contributed by atoms with Crippen molar-refractivity contribution in [3.05, 3.63) is 102 Å². The minimum absolute atomic E-state index is 0.00365. The number of nitrogens with zero attached hydrogens (tertiary/aromatic N) is 3. The standard InChI is InChI=1S/C37H44N10O8/c38-17-32(49)43-27(13-23-8-10-26(48)11-9-23)33(50)44-28(15-24-18-39-20-41-24)34(51)45-29(16-25-19-40-21-42-25)36(53)47-12-4-7-31(47)35(52)46-30(37(54)55)14-22-5-2-1-3-6-22/h1-3,5-6,8-11,18-21,27-31,48H,4,7,12-17,38H2,(H,39,41)(H,40,42)(H,43,49)(H,44,50)(H,45,51)(H,46,52)(H,54,55)/t27-,28-,29-,30-,31-/m0/s1. The molecule has 5 amide bonds. The topological polar surface area (TPSA) is 278 Å². The lowest BCUT2D eigenvalue weighted by Gasteiger charge is -2.30. The van der Waals surface area contributed by atoms with Gasteiger partial charge in [0.1, 0.15) is 36.0 Å². The maximum Gasteiger partial charge on any atom is 0.326 e. The Morgan fingerprint density at radius 3 is 1.89 bits per heavy atom. The predicted molar refractivity (Wildman–Crippen MR) is 196 cm³/mol. The molecule has 1 saturated heterocycles. The molecule has 1 fully saturated rings. The molecule has 55 heavy (non-hydrogen) atoms. The fourth-order valence-corrected chi connectivity index (χ4v) is 6.34. The number of likely N-dealkylation sites (tertiary alicyclic amines) is 1. The Balaban J connectivity index is 1.35. The number of amides is 5. The van der Waals surface area contributed by atoms with Crippen molar-refractivity contribution < 1.29 is 39.0 Å². The fraction of sp³-hybridized carbons (Fsp3) is 0.351. The van der Waals surface area contributed by atoms with Crippen LogP contribution in [0.3, 0.4) is 0 Å². The highest BCUT2D eigenvalue weighted by atomic mass is 16.4. The van der Waals surface area contributed by atoms with Gasteiger partial charge in [0, 0.05) is 56.0 Å². The Morgan fingerprint density at radius 1 is 0.745 bits per heavy atom. The number of phenols is 1. The molecular formula is C37H44N10O8. The molecule has 290 valence electrons. The van der Waals surface area contributed by atoms with E-state index in [4.69, 9.17) is 5.73 Å². The summed E-state index contributed by atoms with van der Waals surface area (Å²) in [7, 11) is 0. The molecule has 0 bridgehead atoms. The van der Waals surface area contributed by atoms with E-state index in [0.717, 1.165) is 0 Å². The van der Waals surface area contributed by atoms with Crippen LogP contribution in [0.4, 0.5) is 0 Å². The lowest BCUT2D eigenvalue weighted by molar-refractivity contribution is -0.145. The van der Waals surface area contributed by atoms with Crippen LogP contribution in [0.15, 0.2) is 79.6 Å². The van der Waals surface area contributed by atoms with Crippen molar-refractivity contribution in [3.63, 3.8) is 0 Å². The lowest BCUT2D eigenvalue weighted by Crippen LogP contribution is -2.60. The number of carboxylic acid groups (broad SMARTS) is 1. The van der Waals surface area contributed by atoms with E-state index in [1.165, 1.54) is 42.1 Å². The van der Waals surface area contributed by atoms with Gasteiger partial charge in [-0.15, -0.1) is 0 Å². The molecule has 4 aromatic rings. The first-order valence-electron chi connectivity index (χ1n) is 17.7. The second-order valence-electron chi connectivity index (χ2n) is 13.2. The van der Waals surface area contributed by atoms with Gasteiger partial charge in [0.2, 0.25) is 29.5 Å². The molecule has 2 aromatic carbocycles. The summed E-state index contributed by atoms with van der Waals surface area (Å²) in [5.74, 6) is -4.52. The average molecular weight is 757 g/mol. The van der Waals surface area contributed by atoms with E-state index in [-0.39, 0.29) is 44.4 Å². The molecule has 18 heteroatoms. The van der Waals surface area contributed by atoms with E-state index in [1.54, 1.807) is 42.5 Å². The highest BCUT2D eigenvalue weighted by Gasteiger charge is 2.40. The molecule has 5 rings (SSSR count). The molecule has 18 nitrogen and oxygen atoms in total. The van der Waals surface area contributed by atoms with Crippen molar-refractivity contribution in [2.24, 2.45) is 5.73 Å². The Labute approximate surface area is 315 Å². The lowest BCUT2D eigenvalue weighted by atomic mass is 10.0. The number of rotatable bonds is 18. The zero-order valence-electron chi connectivity index (χ0n) is 29.8. The van der Waals surface area contributed by atoms with Crippen molar-refractivity contribution in [2.75, 3.05) is 13.1 Å². The van der Waals surface area contributed by atoms with Gasteiger partial charge in [-0.05, 0) is 36.1 Å². The van der Waals surface area contributed by atoms with E-state index in [2.05, 4.69) is 41.2 Å². The van der Waals surface area contributed by atoms with Crippen molar-refractivity contribution in [2.45, 2.75) is 68.7 Å². The minimum atomic E-state index is -1.28. The van der Waals surface area contributed by atoms with Gasteiger partial charge in [-0.25, -0.2) is 14.8 Å². The number of carboxylic acids is 1. The Hall–Kier alpha value is -6.56. The number of nitrogens with one attached hydrogen (secondary N) is 6. The molecule has 0 radical (unpaired) electrons. The molecule has 0 spiro atoms. The summed E-state index contributed by atoms with van der Waals surface area (Å²) in [4.78, 5) is 95.4. The van der Waals surface area contributed by atoms with E-state index < -0.39 is 72.3 Å². The molecule has 0 unspecified atom stereocenters. The van der Waals surface area contributed by atoms with Gasteiger partial charge in [-0.2, -0.15) is 0 Å². The van der Waals surface area contributed by atoms with Crippen LogP contribution in [0.5, 0.6) is 5.75 Å². The van der Waals surface area contributed by atoms with Gasteiger partial charge in [-0.3, -0.25) is 24.0 Å². The van der Waals surface area contributed by atoms with Gasteiger partial charge in [0.25, 0.3) is 0 Å². The molecule has 2 aromatic heterocycles. The van der Waals surface area contributed by atoms with Gasteiger partial charge in [0.05, 0.1) is 19.2 Å². The summed E-state index contributed by atoms with van der Waals surface area (Å²) in [5, 5.41) is 30.2. The predicted octanol–water partition coefficient (Wildman–Crippen LogP) is -0.917. The largest absolute Gasteiger partial charge is 0.508 e. The van der Waals surface area contributed by atoms with Gasteiger partial charge >= 0.3 is 5.97 Å². The molecule has 0 saturated carbocycles. The molecule has 1 aliphatic rings.